The van der Waals surface area contributed by atoms with Gasteiger partial charge in [0.25, 0.3) is 0 Å². The fourth-order valence-electron chi connectivity index (χ4n) is 0.775. The number of hydrogen-bond acceptors (Lipinski definition) is 5. The van der Waals surface area contributed by atoms with Gasteiger partial charge in [0.05, 0.1) is 0 Å². The van der Waals surface area contributed by atoms with Crippen LogP contribution in [0.2, 0.25) is 0 Å². The maximum absolute atomic E-state index is 8.80. The summed E-state index contributed by atoms with van der Waals surface area (Å²) in [5.74, 6) is 0.409. The highest BCUT2D eigenvalue weighted by Crippen LogP contribution is 2.18. The average Bonchev–Trinajstić information content (AvgIpc) is 2.05. The zero-order valence-corrected chi connectivity index (χ0v) is 7.38. The molecule has 1 rings (SSSR count). The summed E-state index contributed by atoms with van der Waals surface area (Å²) in [5, 5.41) is 17.6. The minimum absolute atomic E-state index is 0.355. The van der Waals surface area contributed by atoms with Gasteiger partial charge in [0.15, 0.2) is 0 Å². The van der Waals surface area contributed by atoms with Crippen molar-refractivity contribution in [2.24, 2.45) is 0 Å². The van der Waals surface area contributed by atoms with Crippen LogP contribution in [-0.4, -0.2) is 28.4 Å². The van der Waals surface area contributed by atoms with E-state index < -0.39 is 7.12 Å². The third-order valence-corrected chi connectivity index (χ3v) is 2.19. The number of nitrogens with zero attached hydrogens (tertiary/aromatic N) is 1. The normalized spacial score (nSPS) is 9.92. The van der Waals surface area contributed by atoms with E-state index in [9.17, 15) is 0 Å². The van der Waals surface area contributed by atoms with Crippen LogP contribution in [0.5, 0.6) is 0 Å². The molecule has 0 saturated heterocycles. The third kappa shape index (κ3) is 1.91. The summed E-state index contributed by atoms with van der Waals surface area (Å²) in [7, 11) is -1.48. The first-order valence-corrected chi connectivity index (χ1v) is 4.53. The fourth-order valence-corrected chi connectivity index (χ4v) is 1.29. The van der Waals surface area contributed by atoms with Gasteiger partial charge in [-0.25, -0.2) is 4.98 Å². The monoisotopic (exact) mass is 184 g/mol. The molecule has 0 amide bonds. The lowest BCUT2D eigenvalue weighted by Crippen LogP contribution is -2.30. The second-order valence-electron chi connectivity index (χ2n) is 2.23. The molecule has 1 aromatic rings. The van der Waals surface area contributed by atoms with E-state index in [1.807, 2.05) is 6.26 Å². The Balaban J connectivity index is 3.05. The summed E-state index contributed by atoms with van der Waals surface area (Å²) in [5.41, 5.74) is 5.86. The highest BCUT2D eigenvalue weighted by atomic mass is 32.2. The van der Waals surface area contributed by atoms with Crippen molar-refractivity contribution in [3.8, 4) is 0 Å². The highest BCUT2D eigenvalue weighted by Gasteiger charge is 2.12. The van der Waals surface area contributed by atoms with Gasteiger partial charge in [-0.15, -0.1) is 11.8 Å². The van der Waals surface area contributed by atoms with Crippen LogP contribution in [0.25, 0.3) is 0 Å². The molecular formula is C6H9BN2O2S. The molecule has 1 aromatic heterocycles. The first kappa shape index (κ1) is 9.37. The van der Waals surface area contributed by atoms with Crippen LogP contribution in [-0.2, 0) is 0 Å². The van der Waals surface area contributed by atoms with Crippen molar-refractivity contribution in [2.45, 2.75) is 4.90 Å². The van der Waals surface area contributed by atoms with E-state index in [-0.39, 0.29) is 0 Å². The summed E-state index contributed by atoms with van der Waals surface area (Å²) in [6, 6.07) is 1.61. The van der Waals surface area contributed by atoms with Gasteiger partial charge in [-0.3, -0.25) is 0 Å². The van der Waals surface area contributed by atoms with Crippen LogP contribution in [0, 0.1) is 0 Å². The standard InChI is InChI=1S/C6H9BN2O2S/c1-12-5-2-4(7(10)11)3-9-6(5)8/h2-3,10-11H,1H3,(H2,8,9). The van der Waals surface area contributed by atoms with Crippen LogP contribution in [0.15, 0.2) is 17.2 Å². The van der Waals surface area contributed by atoms with Gasteiger partial charge in [-0.05, 0) is 12.3 Å². The Bertz CT molecular complexity index is 282. The number of anilines is 1. The largest absolute Gasteiger partial charge is 0.490 e. The van der Waals surface area contributed by atoms with Gasteiger partial charge in [0.1, 0.15) is 5.82 Å². The van der Waals surface area contributed by atoms with Crippen LogP contribution in [0.3, 0.4) is 0 Å². The second-order valence-corrected chi connectivity index (χ2v) is 3.08. The molecule has 0 atom stereocenters. The molecule has 0 fully saturated rings. The summed E-state index contributed by atoms with van der Waals surface area (Å²) >= 11 is 1.42. The van der Waals surface area contributed by atoms with Crippen molar-refractivity contribution >= 4 is 30.2 Å². The molecule has 6 heteroatoms. The number of thioether (sulfide) groups is 1. The Labute approximate surface area is 75.0 Å². The number of hydrogen-bond donors (Lipinski definition) is 3. The van der Waals surface area contributed by atoms with Gasteiger partial charge >= 0.3 is 7.12 Å². The molecule has 4 N–H and O–H groups in total. The maximum atomic E-state index is 8.80. The Kier molecular flexibility index (Phi) is 2.96. The van der Waals surface area contributed by atoms with Crippen molar-refractivity contribution in [3.63, 3.8) is 0 Å². The molecule has 0 aliphatic carbocycles. The lowest BCUT2D eigenvalue weighted by atomic mass is 9.82. The van der Waals surface area contributed by atoms with Gasteiger partial charge in [0.2, 0.25) is 0 Å². The molecule has 0 radical (unpaired) electrons. The topological polar surface area (TPSA) is 79.4 Å². The molecular weight excluding hydrogens is 175 g/mol. The van der Waals surface area contributed by atoms with Crippen molar-refractivity contribution in [1.82, 2.24) is 4.98 Å². The Morgan fingerprint density at radius 3 is 2.75 bits per heavy atom. The maximum Gasteiger partial charge on any atom is 0.490 e. The van der Waals surface area contributed by atoms with E-state index in [0.29, 0.717) is 11.3 Å². The summed E-state index contributed by atoms with van der Waals surface area (Å²) in [6.07, 6.45) is 3.20. The van der Waals surface area contributed by atoms with Gasteiger partial charge in [0, 0.05) is 16.6 Å². The number of nitrogens with two attached hydrogens (primary N) is 1. The van der Waals surface area contributed by atoms with Crippen molar-refractivity contribution in [1.29, 1.82) is 0 Å². The molecule has 12 heavy (non-hydrogen) atoms. The lowest BCUT2D eigenvalue weighted by Gasteiger charge is -2.03. The van der Waals surface area contributed by atoms with E-state index in [4.69, 9.17) is 15.8 Å². The molecule has 0 aliphatic heterocycles. The van der Waals surface area contributed by atoms with Gasteiger partial charge in [-0.2, -0.15) is 0 Å². The van der Waals surface area contributed by atoms with E-state index in [2.05, 4.69) is 4.98 Å². The Morgan fingerprint density at radius 2 is 2.25 bits per heavy atom. The first-order chi connectivity index (χ1) is 5.65. The summed E-state index contributed by atoms with van der Waals surface area (Å²) < 4.78 is 0. The molecule has 0 spiro atoms. The van der Waals surface area contributed by atoms with Crippen LogP contribution >= 0.6 is 11.8 Å². The SMILES string of the molecule is CSc1cc(B(O)O)cnc1N. The predicted molar refractivity (Wildman–Crippen MR) is 50.3 cm³/mol. The van der Waals surface area contributed by atoms with E-state index >= 15 is 0 Å². The summed E-state index contributed by atoms with van der Waals surface area (Å²) in [4.78, 5) is 4.56. The van der Waals surface area contributed by atoms with Crippen LogP contribution < -0.4 is 11.2 Å². The Morgan fingerprint density at radius 1 is 1.58 bits per heavy atom. The average molecular weight is 184 g/mol. The number of nitrogen functional groups attached to an aromatic ring is 1. The molecule has 64 valence electrons. The Hall–Kier alpha value is -0.715. The van der Waals surface area contributed by atoms with E-state index in [1.54, 1.807) is 6.07 Å². The fraction of sp³-hybridized carbons (Fsp3) is 0.167. The van der Waals surface area contributed by atoms with Gasteiger partial charge < -0.3 is 15.8 Å². The van der Waals surface area contributed by atoms with Gasteiger partial charge in [-0.1, -0.05) is 0 Å². The zero-order chi connectivity index (χ0) is 9.14. The molecule has 0 unspecified atom stereocenters. The number of pyridine rings is 1. The molecule has 0 bridgehead atoms. The highest BCUT2D eigenvalue weighted by molar-refractivity contribution is 7.98. The smallest absolute Gasteiger partial charge is 0.423 e. The third-order valence-electron chi connectivity index (χ3n) is 1.42. The first-order valence-electron chi connectivity index (χ1n) is 3.30. The zero-order valence-electron chi connectivity index (χ0n) is 6.56. The summed E-state index contributed by atoms with van der Waals surface area (Å²) in [6.45, 7) is 0. The minimum Gasteiger partial charge on any atom is -0.423 e. The van der Waals surface area contributed by atoms with Crippen LogP contribution in [0.4, 0.5) is 5.82 Å². The number of rotatable bonds is 2. The molecule has 0 aromatic carbocycles. The van der Waals surface area contributed by atoms with Crippen molar-refractivity contribution in [3.05, 3.63) is 12.3 Å². The van der Waals surface area contributed by atoms with E-state index in [0.717, 1.165) is 4.90 Å². The van der Waals surface area contributed by atoms with Crippen molar-refractivity contribution in [2.75, 3.05) is 12.0 Å². The molecule has 0 saturated carbocycles. The molecule has 4 nitrogen and oxygen atoms in total. The number of aromatic nitrogens is 1. The molecule has 0 aliphatic rings. The lowest BCUT2D eigenvalue weighted by molar-refractivity contribution is 0.425. The molecule has 1 heterocycles. The quantitative estimate of drug-likeness (QED) is 0.408. The predicted octanol–water partition coefficient (Wildman–Crippen LogP) is -0.935. The van der Waals surface area contributed by atoms with Crippen LogP contribution in [0.1, 0.15) is 0 Å². The minimum atomic E-state index is -1.48. The van der Waals surface area contributed by atoms with Crippen molar-refractivity contribution < 1.29 is 10.0 Å². The van der Waals surface area contributed by atoms with E-state index in [1.165, 1.54) is 18.0 Å². The second kappa shape index (κ2) is 3.80.